The molecular formula is C34H67N17O5. The van der Waals surface area contributed by atoms with Gasteiger partial charge in [0.05, 0.1) is 6.04 Å². The molecule has 0 saturated carbocycles. The van der Waals surface area contributed by atoms with Crippen molar-refractivity contribution in [2.45, 2.75) is 95.9 Å². The van der Waals surface area contributed by atoms with Gasteiger partial charge in [0.1, 0.15) is 23.1 Å². The molecule has 318 valence electrons. The van der Waals surface area contributed by atoms with Crippen molar-refractivity contribution >= 4 is 58.8 Å². The zero-order chi connectivity index (χ0) is 42.6. The van der Waals surface area contributed by atoms with E-state index in [4.69, 9.17) is 68.8 Å². The lowest BCUT2D eigenvalue weighted by molar-refractivity contribution is -0.135. The summed E-state index contributed by atoms with van der Waals surface area (Å²) in [7, 11) is 0. The Morgan fingerprint density at radius 2 is 0.571 bits per heavy atom. The van der Waals surface area contributed by atoms with Crippen LogP contribution in [0.3, 0.4) is 0 Å². The van der Waals surface area contributed by atoms with Crippen LogP contribution < -0.4 is 68.8 Å². The number of Topliss-reactive ketones (excluding diaryl/α,β-unsaturated/α-hetero) is 4. The molecule has 0 aromatic carbocycles. The smallest absolute Gasteiger partial charge is 0.220 e. The number of aliphatic imine (C=N–C) groups is 5. The minimum atomic E-state index is -0.865. The highest BCUT2D eigenvalue weighted by Crippen LogP contribution is 2.27. The Labute approximate surface area is 328 Å². The van der Waals surface area contributed by atoms with Gasteiger partial charge in [-0.25, -0.2) is 0 Å². The minimum Gasteiger partial charge on any atom is -0.370 e. The Bertz CT molecular complexity index is 1390. The summed E-state index contributed by atoms with van der Waals surface area (Å²) < 4.78 is 0. The Morgan fingerprint density at radius 3 is 0.839 bits per heavy atom. The van der Waals surface area contributed by atoms with Gasteiger partial charge >= 0.3 is 0 Å². The molecule has 22 nitrogen and oxygen atoms in total. The Hall–Kier alpha value is -5.54. The maximum absolute atomic E-state index is 14.1. The monoisotopic (exact) mass is 794 g/mol. The first kappa shape index (κ1) is 50.5. The highest BCUT2D eigenvalue weighted by molar-refractivity contribution is 5.95. The van der Waals surface area contributed by atoms with Crippen LogP contribution in [0.25, 0.3) is 0 Å². The van der Waals surface area contributed by atoms with Crippen LogP contribution >= 0.6 is 0 Å². The van der Waals surface area contributed by atoms with Crippen LogP contribution in [0, 0.1) is 23.7 Å². The van der Waals surface area contributed by atoms with Crippen LogP contribution in [-0.4, -0.2) is 97.6 Å². The third-order valence-electron chi connectivity index (χ3n) is 8.96. The highest BCUT2D eigenvalue weighted by Gasteiger charge is 2.32. The number of hydrogen-bond acceptors (Lipinski definition) is 11. The Kier molecular flexibility index (Phi) is 26.0. The van der Waals surface area contributed by atoms with E-state index >= 15 is 0 Å². The lowest BCUT2D eigenvalue weighted by Crippen LogP contribution is -2.34. The van der Waals surface area contributed by atoms with Crippen molar-refractivity contribution < 1.29 is 24.0 Å². The maximum Gasteiger partial charge on any atom is 0.220 e. The lowest BCUT2D eigenvalue weighted by atomic mass is 9.79. The first-order valence-electron chi connectivity index (χ1n) is 18.8. The van der Waals surface area contributed by atoms with Crippen molar-refractivity contribution in [3.8, 4) is 0 Å². The van der Waals surface area contributed by atoms with Crippen molar-refractivity contribution in [1.29, 1.82) is 0 Å². The molecule has 0 heterocycles. The van der Waals surface area contributed by atoms with Gasteiger partial charge in [-0.3, -0.25) is 48.9 Å². The van der Waals surface area contributed by atoms with E-state index in [1.54, 1.807) is 0 Å². The molecule has 5 unspecified atom stereocenters. The number of carbonyl (C=O) groups excluding carboxylic acids is 5. The highest BCUT2D eigenvalue weighted by atomic mass is 16.2. The van der Waals surface area contributed by atoms with E-state index in [9.17, 15) is 24.0 Å². The minimum absolute atomic E-state index is 0.0776. The number of nitrogens with two attached hydrogens (primary N) is 12. The molecule has 5 atom stereocenters. The summed E-state index contributed by atoms with van der Waals surface area (Å²) in [5.41, 5.74) is 66.1. The van der Waals surface area contributed by atoms with E-state index in [2.05, 4.69) is 25.0 Å². The fourth-order valence-electron chi connectivity index (χ4n) is 5.96. The van der Waals surface area contributed by atoms with E-state index in [0.29, 0.717) is 38.5 Å². The number of ketones is 4. The fourth-order valence-corrected chi connectivity index (χ4v) is 5.96. The third kappa shape index (κ3) is 25.5. The summed E-state index contributed by atoms with van der Waals surface area (Å²) in [6.07, 6.45) is 2.33. The predicted octanol–water partition coefficient (Wildman–Crippen LogP) is -3.63. The average molecular weight is 794 g/mol. The second-order valence-corrected chi connectivity index (χ2v) is 13.7. The van der Waals surface area contributed by atoms with Crippen molar-refractivity contribution in [1.82, 2.24) is 0 Å². The molecule has 0 aromatic rings. The van der Waals surface area contributed by atoms with Crippen molar-refractivity contribution in [2.75, 3.05) is 32.7 Å². The fraction of sp³-hybridized carbons (Fsp3) is 0.706. The number of primary amides is 1. The van der Waals surface area contributed by atoms with Crippen LogP contribution in [0.1, 0.15) is 89.9 Å². The molecule has 0 saturated heterocycles. The Morgan fingerprint density at radius 1 is 0.339 bits per heavy atom. The molecule has 22 heteroatoms. The van der Waals surface area contributed by atoms with Gasteiger partial charge in [0.25, 0.3) is 0 Å². The SMILES string of the molecule is NC(=O)C(CCCN=C(N)N)CC(=O)C(CCCN=C(N)N)CC(=O)C(CCCN=C(N)N)CC(=O)C(CCCN=C(N)N)CC(=O)C(N)CCCN=C(N)N. The summed E-state index contributed by atoms with van der Waals surface area (Å²) in [5, 5.41) is 0. The van der Waals surface area contributed by atoms with E-state index in [-0.39, 0.29) is 137 Å². The first-order valence-corrected chi connectivity index (χ1v) is 18.8. The van der Waals surface area contributed by atoms with Crippen LogP contribution in [0.2, 0.25) is 0 Å². The van der Waals surface area contributed by atoms with Crippen LogP contribution in [0.4, 0.5) is 0 Å². The van der Waals surface area contributed by atoms with Gasteiger partial charge in [0.15, 0.2) is 29.8 Å². The maximum atomic E-state index is 14.1. The molecule has 0 fully saturated rings. The molecule has 24 N–H and O–H groups in total. The van der Waals surface area contributed by atoms with Gasteiger partial charge in [0.2, 0.25) is 5.91 Å². The second-order valence-electron chi connectivity index (χ2n) is 13.7. The summed E-state index contributed by atoms with van der Waals surface area (Å²) in [4.78, 5) is 87.0. The van der Waals surface area contributed by atoms with E-state index in [1.165, 1.54) is 0 Å². The summed E-state index contributed by atoms with van der Waals surface area (Å²) in [6, 6.07) is -0.865. The van der Waals surface area contributed by atoms with Crippen LogP contribution in [0.15, 0.2) is 25.0 Å². The second kappa shape index (κ2) is 28.8. The van der Waals surface area contributed by atoms with Gasteiger partial charge in [-0.2, -0.15) is 0 Å². The predicted molar refractivity (Wildman–Crippen MR) is 219 cm³/mol. The molecule has 1 amide bonds. The summed E-state index contributed by atoms with van der Waals surface area (Å²) >= 11 is 0. The van der Waals surface area contributed by atoms with Gasteiger partial charge in [-0.15, -0.1) is 0 Å². The quantitative estimate of drug-likeness (QED) is 0.0173. The van der Waals surface area contributed by atoms with Crippen molar-refractivity contribution in [2.24, 2.45) is 117 Å². The number of carbonyl (C=O) groups is 5. The molecule has 0 aliphatic rings. The molecule has 0 rings (SSSR count). The van der Waals surface area contributed by atoms with Gasteiger partial charge in [0, 0.05) is 82.1 Å². The number of amides is 1. The normalized spacial score (nSPS) is 13.4. The van der Waals surface area contributed by atoms with E-state index < -0.39 is 35.6 Å². The van der Waals surface area contributed by atoms with Crippen molar-refractivity contribution in [3.05, 3.63) is 0 Å². The van der Waals surface area contributed by atoms with Crippen LogP contribution in [-0.2, 0) is 24.0 Å². The molecule has 0 aromatic heterocycles. The molecular weight excluding hydrogens is 726 g/mol. The molecule has 0 aliphatic heterocycles. The third-order valence-corrected chi connectivity index (χ3v) is 8.96. The average Bonchev–Trinajstić information content (AvgIpc) is 3.10. The number of rotatable bonds is 33. The zero-order valence-corrected chi connectivity index (χ0v) is 32.5. The van der Waals surface area contributed by atoms with E-state index in [1.807, 2.05) is 0 Å². The zero-order valence-electron chi connectivity index (χ0n) is 32.5. The molecule has 0 bridgehead atoms. The van der Waals surface area contributed by atoms with E-state index in [0.717, 1.165) is 0 Å². The van der Waals surface area contributed by atoms with Gasteiger partial charge in [-0.05, 0) is 64.2 Å². The van der Waals surface area contributed by atoms with Gasteiger partial charge in [-0.1, -0.05) is 0 Å². The first-order chi connectivity index (χ1) is 26.3. The number of hydrogen-bond donors (Lipinski definition) is 12. The molecule has 56 heavy (non-hydrogen) atoms. The topological polar surface area (TPSA) is 459 Å². The Balaban J connectivity index is 6.33. The number of guanidine groups is 5. The molecule has 0 spiro atoms. The summed E-state index contributed by atoms with van der Waals surface area (Å²) in [6.45, 7) is 1.13. The van der Waals surface area contributed by atoms with Crippen molar-refractivity contribution in [3.63, 3.8) is 0 Å². The number of nitrogens with zero attached hydrogens (tertiary/aromatic N) is 5. The lowest BCUT2D eigenvalue weighted by Gasteiger charge is -2.23. The summed E-state index contributed by atoms with van der Waals surface area (Å²) in [5.74, 6) is -5.90. The standard InChI is InChI=1S/C34H67N17O5/c35-24(10-5-15-51-34(45)46)28(55)18-22(8-3-13-49-32(41)42)26(53)16-20(6-1-11-47-30(37)38)25(52)17-21(7-2-12-48-31(39)40)27(54)19-23(29(36)56)9-4-14-50-33(43)44/h20-24H,1-19,35H2,(H2,36,56)(H4,37,38,47)(H4,39,40,48)(H4,41,42,49)(H4,43,44,50)(H4,45,46,51). The molecule has 0 aliphatic carbocycles. The largest absolute Gasteiger partial charge is 0.370 e. The molecule has 0 radical (unpaired) electrons. The van der Waals surface area contributed by atoms with Crippen LogP contribution in [0.5, 0.6) is 0 Å². The van der Waals surface area contributed by atoms with Gasteiger partial charge < -0.3 is 68.8 Å².